The number of halogens is 1. The van der Waals surface area contributed by atoms with Gasteiger partial charge in [-0.3, -0.25) is 4.79 Å². The third kappa shape index (κ3) is 4.57. The molecule has 0 spiro atoms. The lowest BCUT2D eigenvalue weighted by Gasteiger charge is -2.07. The number of aromatic nitrogens is 2. The standard InChI is InChI=1S/C24H22BrN3O/c1-2-3-5-17-8-10-18(11-9-17)24(29)26-21-7-4-6-19(14-21)22-16-28-15-20(25)12-13-23(28)27-22/h4,6-16H,2-3,5H2,1H3,(H,26,29). The SMILES string of the molecule is CCCCc1ccc(C(=O)Nc2cccc(-c3cn4cc(Br)ccc4n3)c2)cc1. The molecule has 0 saturated heterocycles. The molecule has 0 saturated carbocycles. The molecule has 1 amide bonds. The summed E-state index contributed by atoms with van der Waals surface area (Å²) in [7, 11) is 0. The van der Waals surface area contributed by atoms with Gasteiger partial charge in [-0.25, -0.2) is 4.98 Å². The number of nitrogens with one attached hydrogen (secondary N) is 1. The molecule has 4 aromatic rings. The van der Waals surface area contributed by atoms with Crippen molar-refractivity contribution >= 4 is 33.2 Å². The quantitative estimate of drug-likeness (QED) is 0.373. The molecule has 1 N–H and O–H groups in total. The molecule has 4 nitrogen and oxygen atoms in total. The molecule has 0 unspecified atom stereocenters. The molecule has 0 aliphatic carbocycles. The summed E-state index contributed by atoms with van der Waals surface area (Å²) in [4.78, 5) is 17.3. The fourth-order valence-corrected chi connectivity index (χ4v) is 3.62. The van der Waals surface area contributed by atoms with Crippen LogP contribution in [0.5, 0.6) is 0 Å². The summed E-state index contributed by atoms with van der Waals surface area (Å²) in [6.45, 7) is 2.18. The Kier molecular flexibility index (Phi) is 5.76. The smallest absolute Gasteiger partial charge is 0.255 e. The fourth-order valence-electron chi connectivity index (χ4n) is 3.27. The first-order valence-corrected chi connectivity index (χ1v) is 10.6. The first-order chi connectivity index (χ1) is 14.1. The number of imidazole rings is 1. The highest BCUT2D eigenvalue weighted by molar-refractivity contribution is 9.10. The van der Waals surface area contributed by atoms with E-state index in [0.29, 0.717) is 5.56 Å². The van der Waals surface area contributed by atoms with Crippen LogP contribution in [0, 0.1) is 0 Å². The van der Waals surface area contributed by atoms with E-state index in [2.05, 4.69) is 33.2 Å². The number of aryl methyl sites for hydroxylation is 1. The Morgan fingerprint density at radius 2 is 1.90 bits per heavy atom. The molecule has 0 atom stereocenters. The molecule has 2 heterocycles. The maximum absolute atomic E-state index is 12.6. The Morgan fingerprint density at radius 3 is 2.69 bits per heavy atom. The van der Waals surface area contributed by atoms with Gasteiger partial charge in [0.05, 0.1) is 5.69 Å². The molecular weight excluding hydrogens is 426 g/mol. The number of benzene rings is 2. The average molecular weight is 448 g/mol. The summed E-state index contributed by atoms with van der Waals surface area (Å²) >= 11 is 3.48. The van der Waals surface area contributed by atoms with Crippen molar-refractivity contribution in [3.05, 3.63) is 88.7 Å². The van der Waals surface area contributed by atoms with E-state index in [1.807, 2.05) is 77.5 Å². The number of pyridine rings is 1. The van der Waals surface area contributed by atoms with Gasteiger partial charge >= 0.3 is 0 Å². The lowest BCUT2D eigenvalue weighted by atomic mass is 10.1. The number of hydrogen-bond donors (Lipinski definition) is 1. The predicted octanol–water partition coefficient (Wildman–Crippen LogP) is 6.36. The number of nitrogens with zero attached hydrogens (tertiary/aromatic N) is 2. The number of carbonyl (C=O) groups excluding carboxylic acids is 1. The second-order valence-electron chi connectivity index (χ2n) is 7.07. The van der Waals surface area contributed by atoms with Gasteiger partial charge in [-0.05, 0) is 70.7 Å². The Morgan fingerprint density at radius 1 is 1.07 bits per heavy atom. The van der Waals surface area contributed by atoms with Gasteiger partial charge in [0.25, 0.3) is 5.91 Å². The number of anilines is 1. The van der Waals surface area contributed by atoms with Crippen LogP contribution in [-0.2, 0) is 6.42 Å². The summed E-state index contributed by atoms with van der Waals surface area (Å²) in [6.07, 6.45) is 7.34. The van der Waals surface area contributed by atoms with Crippen LogP contribution in [0.3, 0.4) is 0 Å². The first kappa shape index (κ1) is 19.4. The van der Waals surface area contributed by atoms with Crippen molar-refractivity contribution < 1.29 is 4.79 Å². The number of fused-ring (bicyclic) bond motifs is 1. The van der Waals surface area contributed by atoms with Crippen molar-refractivity contribution in [1.29, 1.82) is 0 Å². The molecule has 5 heteroatoms. The van der Waals surface area contributed by atoms with Crippen LogP contribution in [0.1, 0.15) is 35.7 Å². The maximum Gasteiger partial charge on any atom is 0.255 e. The minimum atomic E-state index is -0.108. The Hall–Kier alpha value is -2.92. The van der Waals surface area contributed by atoms with Crippen LogP contribution in [0.4, 0.5) is 5.69 Å². The zero-order valence-corrected chi connectivity index (χ0v) is 17.8. The summed E-state index contributed by atoms with van der Waals surface area (Å²) in [5.41, 5.74) is 5.37. The van der Waals surface area contributed by atoms with E-state index in [1.165, 1.54) is 18.4 Å². The molecule has 29 heavy (non-hydrogen) atoms. The Bertz CT molecular complexity index is 1150. The summed E-state index contributed by atoms with van der Waals surface area (Å²) < 4.78 is 2.97. The zero-order chi connectivity index (χ0) is 20.2. The van der Waals surface area contributed by atoms with Crippen molar-refractivity contribution in [3.8, 4) is 11.3 Å². The molecule has 146 valence electrons. The number of rotatable bonds is 6. The van der Waals surface area contributed by atoms with Crippen LogP contribution >= 0.6 is 15.9 Å². The minimum absolute atomic E-state index is 0.108. The lowest BCUT2D eigenvalue weighted by molar-refractivity contribution is 0.102. The molecule has 0 fully saturated rings. The average Bonchev–Trinajstić information content (AvgIpc) is 3.16. The van der Waals surface area contributed by atoms with Crippen LogP contribution in [0.25, 0.3) is 16.9 Å². The van der Waals surface area contributed by atoms with Gasteiger partial charge in [0.1, 0.15) is 5.65 Å². The highest BCUT2D eigenvalue weighted by Gasteiger charge is 2.09. The third-order valence-electron chi connectivity index (χ3n) is 4.87. The number of hydrogen-bond acceptors (Lipinski definition) is 2. The van der Waals surface area contributed by atoms with Gasteiger partial charge in [-0.1, -0.05) is 37.6 Å². The minimum Gasteiger partial charge on any atom is -0.322 e. The second-order valence-corrected chi connectivity index (χ2v) is 7.99. The van der Waals surface area contributed by atoms with Gasteiger partial charge in [0.2, 0.25) is 0 Å². The molecule has 4 rings (SSSR count). The van der Waals surface area contributed by atoms with E-state index < -0.39 is 0 Å². The number of amides is 1. The molecule has 0 radical (unpaired) electrons. The predicted molar refractivity (Wildman–Crippen MR) is 121 cm³/mol. The van der Waals surface area contributed by atoms with Crippen molar-refractivity contribution in [2.75, 3.05) is 5.32 Å². The molecule has 0 aliphatic rings. The molecule has 0 aliphatic heterocycles. The third-order valence-corrected chi connectivity index (χ3v) is 5.34. The zero-order valence-electron chi connectivity index (χ0n) is 16.2. The van der Waals surface area contributed by atoms with Gasteiger partial charge in [0, 0.05) is 33.7 Å². The van der Waals surface area contributed by atoms with Crippen molar-refractivity contribution in [2.24, 2.45) is 0 Å². The van der Waals surface area contributed by atoms with Crippen molar-refractivity contribution in [1.82, 2.24) is 9.38 Å². The topological polar surface area (TPSA) is 46.4 Å². The summed E-state index contributed by atoms with van der Waals surface area (Å²) in [5.74, 6) is -0.108. The van der Waals surface area contributed by atoms with Crippen molar-refractivity contribution in [2.45, 2.75) is 26.2 Å². The monoisotopic (exact) mass is 447 g/mol. The highest BCUT2D eigenvalue weighted by Crippen LogP contribution is 2.24. The second kappa shape index (κ2) is 8.62. The van der Waals surface area contributed by atoms with E-state index in [9.17, 15) is 4.79 Å². The van der Waals surface area contributed by atoms with E-state index in [-0.39, 0.29) is 5.91 Å². The fraction of sp³-hybridized carbons (Fsp3) is 0.167. The van der Waals surface area contributed by atoms with Crippen LogP contribution in [0.2, 0.25) is 0 Å². The van der Waals surface area contributed by atoms with E-state index in [4.69, 9.17) is 0 Å². The number of unbranched alkanes of at least 4 members (excludes halogenated alkanes) is 1. The Balaban J connectivity index is 1.51. The molecular formula is C24H22BrN3O. The number of carbonyl (C=O) groups is 1. The van der Waals surface area contributed by atoms with Crippen LogP contribution in [-0.4, -0.2) is 15.3 Å². The van der Waals surface area contributed by atoms with Crippen molar-refractivity contribution in [3.63, 3.8) is 0 Å². The largest absolute Gasteiger partial charge is 0.322 e. The van der Waals surface area contributed by atoms with Crippen LogP contribution < -0.4 is 5.32 Å². The Labute approximate surface area is 178 Å². The first-order valence-electron chi connectivity index (χ1n) is 9.77. The van der Waals surface area contributed by atoms with Gasteiger partial charge in [0.15, 0.2) is 0 Å². The summed E-state index contributed by atoms with van der Waals surface area (Å²) in [5, 5.41) is 2.99. The highest BCUT2D eigenvalue weighted by atomic mass is 79.9. The van der Waals surface area contributed by atoms with Crippen LogP contribution in [0.15, 0.2) is 77.5 Å². The van der Waals surface area contributed by atoms with Gasteiger partial charge in [-0.2, -0.15) is 0 Å². The van der Waals surface area contributed by atoms with Gasteiger partial charge < -0.3 is 9.72 Å². The lowest BCUT2D eigenvalue weighted by Crippen LogP contribution is -2.11. The maximum atomic E-state index is 12.6. The molecule has 0 bridgehead atoms. The summed E-state index contributed by atoms with van der Waals surface area (Å²) in [6, 6.07) is 19.6. The van der Waals surface area contributed by atoms with E-state index in [1.54, 1.807) is 0 Å². The molecule has 2 aromatic carbocycles. The molecule has 2 aromatic heterocycles. The normalized spacial score (nSPS) is 11.0. The van der Waals surface area contributed by atoms with E-state index in [0.717, 1.165) is 33.5 Å². The van der Waals surface area contributed by atoms with E-state index >= 15 is 0 Å². The van der Waals surface area contributed by atoms with Gasteiger partial charge in [-0.15, -0.1) is 0 Å².